The third-order valence-corrected chi connectivity index (χ3v) is 15.7. The zero-order valence-corrected chi connectivity index (χ0v) is 29.8. The van der Waals surface area contributed by atoms with Crippen LogP contribution in [-0.4, -0.2) is 59.5 Å². The lowest BCUT2D eigenvalue weighted by Gasteiger charge is -2.51. The zero-order chi connectivity index (χ0) is 32.5. The van der Waals surface area contributed by atoms with Crippen LogP contribution in [0, 0.1) is 17.8 Å². The van der Waals surface area contributed by atoms with Crippen LogP contribution in [0.15, 0.2) is 48.6 Å². The number of halogens is 1. The quantitative estimate of drug-likeness (QED) is 0.305. The molecule has 5 atom stereocenters. The molecule has 2 bridgehead atoms. The Balaban J connectivity index is 1.41. The second-order valence-corrected chi connectivity index (χ2v) is 18.5. The van der Waals surface area contributed by atoms with Gasteiger partial charge in [-0.1, -0.05) is 36.7 Å². The molecule has 1 amide bonds. The number of nitrogens with one attached hydrogen (secondary N) is 1. The number of nitrogens with zero attached hydrogens (tertiary/aromatic N) is 1. The van der Waals surface area contributed by atoms with Crippen molar-refractivity contribution in [1.29, 1.82) is 0 Å². The van der Waals surface area contributed by atoms with E-state index < -0.39 is 26.8 Å². The van der Waals surface area contributed by atoms with Crippen LogP contribution < -0.4 is 14.4 Å². The number of hydrogen-bond acceptors (Lipinski definition) is 8. The predicted molar refractivity (Wildman–Crippen MR) is 191 cm³/mol. The molecule has 1 aliphatic carbocycles. The van der Waals surface area contributed by atoms with Crippen molar-refractivity contribution in [3.63, 3.8) is 0 Å². The van der Waals surface area contributed by atoms with Crippen LogP contribution in [0.3, 0.4) is 0 Å². The van der Waals surface area contributed by atoms with Gasteiger partial charge in [-0.05, 0) is 123 Å². The molecular weight excluding hydrogens is 660 g/mol. The number of aryl methyl sites for hydroxylation is 1. The molecule has 0 unspecified atom stereocenters. The molecular formula is C35H45ClN2O5S3. The fourth-order valence-electron chi connectivity index (χ4n) is 7.14. The summed E-state index contributed by atoms with van der Waals surface area (Å²) >= 11 is 10.1. The standard InChI is InChI=1S/C35H45ClN2O5S3/c1-23-7-5-15-35(40,34-44-17-6-18-45-34)30-13-10-27(30)21-38-16-4-3-8-25-19-29(36)12-9-28(25)22-43-32-14-11-26(20-31(32)38)33(39)37-46(41,42)24(23)2/h5,9,11-12,14-15,19-20,23-24,27,30,34,40H,3-4,6-8,10,13,16-18,21-22H2,1-2H3,(H,37,39)/b15-5+/t23-,24+,27-,30+,35-/m0/s1. The minimum atomic E-state index is -3.95. The first-order chi connectivity index (χ1) is 22.0. The Hall–Kier alpha value is -1.85. The second kappa shape index (κ2) is 14.3. The monoisotopic (exact) mass is 704 g/mol. The summed E-state index contributed by atoms with van der Waals surface area (Å²) in [5, 5.41) is 12.4. The smallest absolute Gasteiger partial charge is 0.264 e. The summed E-state index contributed by atoms with van der Waals surface area (Å²) in [4.78, 5) is 15.8. The van der Waals surface area contributed by atoms with Crippen LogP contribution in [0.25, 0.3) is 0 Å². The molecule has 0 radical (unpaired) electrons. The number of carbonyl (C=O) groups excluding carboxylic acids is 1. The highest BCUT2D eigenvalue weighted by Crippen LogP contribution is 2.52. The first-order valence-electron chi connectivity index (χ1n) is 16.5. The SMILES string of the molecule is C[C@@H]1[C@@H](C)C/C=C/[C@@](O)(C2SCCCS2)[C@@H]2CC[C@H]2CN2CCCCc3cc(Cl)ccc3COc3ccc(cc32)C(=O)NS1(=O)=O. The molecule has 4 aliphatic rings. The molecule has 2 aromatic carbocycles. The number of benzene rings is 2. The van der Waals surface area contributed by atoms with Crippen molar-refractivity contribution in [3.05, 3.63) is 70.3 Å². The number of fused-ring (bicyclic) bond motifs is 3. The first-order valence-corrected chi connectivity index (χ1v) is 20.6. The highest BCUT2D eigenvalue weighted by Gasteiger charge is 2.51. The van der Waals surface area contributed by atoms with Crippen molar-refractivity contribution in [1.82, 2.24) is 4.72 Å². The third-order valence-electron chi connectivity index (χ3n) is 10.3. The maximum Gasteiger partial charge on any atom is 0.264 e. The number of allylic oxidation sites excluding steroid dienone is 1. The molecule has 7 nitrogen and oxygen atoms in total. The molecule has 3 heterocycles. The Labute approximate surface area is 287 Å². The summed E-state index contributed by atoms with van der Waals surface area (Å²) in [5.74, 6) is 2.16. The van der Waals surface area contributed by atoms with Gasteiger partial charge in [0.15, 0.2) is 0 Å². The van der Waals surface area contributed by atoms with Gasteiger partial charge in [0, 0.05) is 23.7 Å². The molecule has 250 valence electrons. The molecule has 0 spiro atoms. The zero-order valence-electron chi connectivity index (χ0n) is 26.6. The van der Waals surface area contributed by atoms with Crippen molar-refractivity contribution in [2.75, 3.05) is 29.5 Å². The average molecular weight is 705 g/mol. The number of ether oxygens (including phenoxy) is 1. The minimum absolute atomic E-state index is 0.0371. The number of carbonyl (C=O) groups is 1. The fraction of sp³-hybridized carbons (Fsp3) is 0.571. The van der Waals surface area contributed by atoms with E-state index in [9.17, 15) is 18.3 Å². The van der Waals surface area contributed by atoms with Gasteiger partial charge in [-0.2, -0.15) is 0 Å². The van der Waals surface area contributed by atoms with Crippen LogP contribution in [0.5, 0.6) is 5.75 Å². The van der Waals surface area contributed by atoms with Gasteiger partial charge in [-0.25, -0.2) is 13.1 Å². The average Bonchev–Trinajstić information content (AvgIpc) is 3.05. The van der Waals surface area contributed by atoms with Crippen molar-refractivity contribution in [3.8, 4) is 5.75 Å². The normalized spacial score (nSPS) is 31.6. The first kappa shape index (κ1) is 34.0. The Morgan fingerprint density at radius 2 is 1.85 bits per heavy atom. The summed E-state index contributed by atoms with van der Waals surface area (Å²) < 4.78 is 35.7. The number of thioether (sulfide) groups is 2. The number of sulfonamides is 1. The van der Waals surface area contributed by atoms with Crippen LogP contribution in [0.2, 0.25) is 5.02 Å². The lowest BCUT2D eigenvalue weighted by molar-refractivity contribution is -0.0331. The van der Waals surface area contributed by atoms with E-state index in [0.717, 1.165) is 74.4 Å². The van der Waals surface area contributed by atoms with Gasteiger partial charge in [-0.15, -0.1) is 23.5 Å². The van der Waals surface area contributed by atoms with Crippen LogP contribution in [-0.2, 0) is 23.1 Å². The van der Waals surface area contributed by atoms with E-state index in [4.69, 9.17) is 16.3 Å². The van der Waals surface area contributed by atoms with Gasteiger partial charge >= 0.3 is 0 Å². The van der Waals surface area contributed by atoms with Crippen LogP contribution >= 0.6 is 35.1 Å². The van der Waals surface area contributed by atoms with E-state index in [-0.39, 0.29) is 27.9 Å². The highest BCUT2D eigenvalue weighted by atomic mass is 35.5. The van der Waals surface area contributed by atoms with Gasteiger partial charge in [-0.3, -0.25) is 4.79 Å². The summed E-state index contributed by atoms with van der Waals surface area (Å²) in [6.07, 6.45) is 10.3. The second-order valence-electron chi connectivity index (χ2n) is 13.3. The van der Waals surface area contributed by atoms with Gasteiger partial charge < -0.3 is 14.7 Å². The fourth-order valence-corrected chi connectivity index (χ4v) is 11.9. The molecule has 3 aliphatic heterocycles. The maximum atomic E-state index is 13.5. The predicted octanol–water partition coefficient (Wildman–Crippen LogP) is 7.06. The summed E-state index contributed by atoms with van der Waals surface area (Å²) in [6, 6.07) is 11.1. The topological polar surface area (TPSA) is 95.9 Å². The Morgan fingerprint density at radius 3 is 2.61 bits per heavy atom. The van der Waals surface area contributed by atoms with E-state index in [0.29, 0.717) is 23.8 Å². The van der Waals surface area contributed by atoms with Gasteiger partial charge in [0.2, 0.25) is 10.0 Å². The molecule has 6 rings (SSSR count). The van der Waals surface area contributed by atoms with Gasteiger partial charge in [0.05, 0.1) is 15.5 Å². The highest BCUT2D eigenvalue weighted by molar-refractivity contribution is 8.17. The summed E-state index contributed by atoms with van der Waals surface area (Å²) in [7, 11) is -3.95. The Morgan fingerprint density at radius 1 is 1.04 bits per heavy atom. The largest absolute Gasteiger partial charge is 0.487 e. The van der Waals surface area contributed by atoms with Gasteiger partial charge in [0.1, 0.15) is 18.0 Å². The van der Waals surface area contributed by atoms with E-state index in [2.05, 4.69) is 9.62 Å². The molecule has 2 N–H and O–H groups in total. The van der Waals surface area contributed by atoms with E-state index >= 15 is 0 Å². The van der Waals surface area contributed by atoms with Crippen molar-refractivity contribution < 1.29 is 23.1 Å². The third kappa shape index (κ3) is 7.26. The Kier molecular flexibility index (Phi) is 10.6. The van der Waals surface area contributed by atoms with Crippen molar-refractivity contribution in [2.45, 2.75) is 80.8 Å². The van der Waals surface area contributed by atoms with Crippen LogP contribution in [0.1, 0.15) is 73.9 Å². The molecule has 46 heavy (non-hydrogen) atoms. The van der Waals surface area contributed by atoms with Crippen molar-refractivity contribution >= 4 is 56.7 Å². The summed E-state index contributed by atoms with van der Waals surface area (Å²) in [6.45, 7) is 5.35. The van der Waals surface area contributed by atoms with Crippen molar-refractivity contribution in [2.24, 2.45) is 17.8 Å². The number of amides is 1. The van der Waals surface area contributed by atoms with Gasteiger partial charge in [0.25, 0.3) is 5.91 Å². The minimum Gasteiger partial charge on any atom is -0.487 e. The lowest BCUT2D eigenvalue weighted by atomic mass is 9.64. The molecule has 0 aromatic heterocycles. The number of anilines is 1. The van der Waals surface area contributed by atoms with E-state index in [1.807, 2.05) is 60.8 Å². The molecule has 2 aromatic rings. The molecule has 11 heteroatoms. The molecule has 1 saturated carbocycles. The Bertz CT molecular complexity index is 1560. The molecule has 1 saturated heterocycles. The summed E-state index contributed by atoms with van der Waals surface area (Å²) in [5.41, 5.74) is 2.31. The molecule has 2 fully saturated rings. The number of rotatable bonds is 1. The number of aliphatic hydroxyl groups is 1. The van der Waals surface area contributed by atoms with E-state index in [1.54, 1.807) is 25.1 Å². The maximum absolute atomic E-state index is 13.5. The number of hydrogen-bond donors (Lipinski definition) is 2. The lowest BCUT2D eigenvalue weighted by Crippen LogP contribution is -2.54. The van der Waals surface area contributed by atoms with E-state index in [1.165, 1.54) is 5.56 Å². The van der Waals surface area contributed by atoms with Crippen LogP contribution in [0.4, 0.5) is 5.69 Å².